The molecule has 3 aromatic rings. The standard InChI is InChI=1S/C32H39F2N5O/c1-21(2)31(30-18-35-28-9-5-6-10-29(28)36-30)39-19-22-7-3-4-8-24(22)25(20-39)32(40)38-15-13-37(14-16-38)23-11-12-26(33)27(34)17-23/h5-6,9-12,17-18,21-22,24-25,31H,3-4,7-8,13-16,19-20H2,1-2H3/t22-,24-,25+,31?/m0/s1. The summed E-state index contributed by atoms with van der Waals surface area (Å²) in [5, 5.41) is 0. The maximum absolute atomic E-state index is 14.1. The summed E-state index contributed by atoms with van der Waals surface area (Å²) in [5.74, 6) is -0.215. The van der Waals surface area contributed by atoms with Crippen molar-refractivity contribution in [1.82, 2.24) is 19.8 Å². The highest BCUT2D eigenvalue weighted by Crippen LogP contribution is 2.43. The van der Waals surface area contributed by atoms with Gasteiger partial charge in [0.15, 0.2) is 11.6 Å². The van der Waals surface area contributed by atoms with Crippen molar-refractivity contribution in [3.05, 3.63) is 66.0 Å². The monoisotopic (exact) mass is 547 g/mol. The number of aromatic nitrogens is 2. The van der Waals surface area contributed by atoms with Crippen LogP contribution in [-0.4, -0.2) is 64.9 Å². The van der Waals surface area contributed by atoms with E-state index in [9.17, 15) is 13.6 Å². The number of halogens is 2. The topological polar surface area (TPSA) is 52.6 Å². The van der Waals surface area contributed by atoms with Gasteiger partial charge in [0, 0.05) is 51.0 Å². The van der Waals surface area contributed by atoms with E-state index in [1.54, 1.807) is 6.07 Å². The molecule has 0 spiro atoms. The molecule has 3 aliphatic rings. The fourth-order valence-electron chi connectivity index (χ4n) is 7.41. The second-order valence-corrected chi connectivity index (χ2v) is 12.2. The van der Waals surface area contributed by atoms with E-state index in [1.165, 1.54) is 31.4 Å². The van der Waals surface area contributed by atoms with Crippen LogP contribution in [0.3, 0.4) is 0 Å². The number of nitrogens with zero attached hydrogens (tertiary/aromatic N) is 5. The zero-order chi connectivity index (χ0) is 27.8. The molecule has 0 radical (unpaired) electrons. The number of fused-ring (bicyclic) bond motifs is 2. The summed E-state index contributed by atoms with van der Waals surface area (Å²) in [7, 11) is 0. The molecular weight excluding hydrogens is 508 g/mol. The van der Waals surface area contributed by atoms with Crippen LogP contribution in [0.25, 0.3) is 11.0 Å². The van der Waals surface area contributed by atoms with E-state index < -0.39 is 11.6 Å². The second kappa shape index (κ2) is 11.4. The number of carbonyl (C=O) groups excluding carboxylic acids is 1. The summed E-state index contributed by atoms with van der Waals surface area (Å²) in [6, 6.07) is 12.1. The lowest BCUT2D eigenvalue weighted by molar-refractivity contribution is -0.143. The van der Waals surface area contributed by atoms with Gasteiger partial charge in [-0.3, -0.25) is 14.7 Å². The minimum absolute atomic E-state index is 0.0384. The number of piperazine rings is 1. The van der Waals surface area contributed by atoms with Crippen LogP contribution in [0.5, 0.6) is 0 Å². The highest BCUT2D eigenvalue weighted by Gasteiger charge is 2.45. The van der Waals surface area contributed by atoms with E-state index in [0.717, 1.165) is 36.2 Å². The third-order valence-electron chi connectivity index (χ3n) is 9.36. The molecule has 1 aromatic heterocycles. The highest BCUT2D eigenvalue weighted by atomic mass is 19.2. The molecule has 212 valence electrons. The molecular formula is C32H39F2N5O. The van der Waals surface area contributed by atoms with Gasteiger partial charge in [-0.1, -0.05) is 38.8 Å². The molecule has 1 amide bonds. The average Bonchev–Trinajstić information content (AvgIpc) is 2.98. The Balaban J connectivity index is 1.21. The maximum Gasteiger partial charge on any atom is 0.227 e. The zero-order valence-electron chi connectivity index (χ0n) is 23.5. The number of benzene rings is 2. The van der Waals surface area contributed by atoms with Crippen molar-refractivity contribution in [2.24, 2.45) is 23.7 Å². The first kappa shape index (κ1) is 27.1. The summed E-state index contributed by atoms with van der Waals surface area (Å²) in [4.78, 5) is 30.5. The molecule has 3 fully saturated rings. The highest BCUT2D eigenvalue weighted by molar-refractivity contribution is 5.80. The normalized spacial score (nSPS) is 24.8. The minimum Gasteiger partial charge on any atom is -0.368 e. The van der Waals surface area contributed by atoms with Crippen LogP contribution >= 0.6 is 0 Å². The van der Waals surface area contributed by atoms with Gasteiger partial charge in [-0.05, 0) is 54.9 Å². The molecule has 4 atom stereocenters. The van der Waals surface area contributed by atoms with Crippen molar-refractivity contribution in [2.75, 3.05) is 44.2 Å². The Morgan fingerprint density at radius 2 is 1.68 bits per heavy atom. The van der Waals surface area contributed by atoms with Crippen molar-refractivity contribution < 1.29 is 13.6 Å². The van der Waals surface area contributed by atoms with Gasteiger partial charge in [-0.2, -0.15) is 0 Å². The number of para-hydroxylation sites is 2. The van der Waals surface area contributed by atoms with Gasteiger partial charge in [0.05, 0.1) is 34.9 Å². The van der Waals surface area contributed by atoms with Crippen LogP contribution in [0.2, 0.25) is 0 Å². The van der Waals surface area contributed by atoms with Gasteiger partial charge >= 0.3 is 0 Å². The molecule has 2 aromatic carbocycles. The van der Waals surface area contributed by atoms with Crippen molar-refractivity contribution >= 4 is 22.6 Å². The molecule has 1 unspecified atom stereocenters. The van der Waals surface area contributed by atoms with Crippen molar-refractivity contribution in [1.29, 1.82) is 0 Å². The molecule has 40 heavy (non-hydrogen) atoms. The Labute approximate surface area is 235 Å². The van der Waals surface area contributed by atoms with Crippen molar-refractivity contribution in [2.45, 2.75) is 45.6 Å². The molecule has 8 heteroatoms. The van der Waals surface area contributed by atoms with Crippen LogP contribution in [-0.2, 0) is 4.79 Å². The lowest BCUT2D eigenvalue weighted by atomic mass is 9.68. The van der Waals surface area contributed by atoms with Crippen LogP contribution < -0.4 is 4.90 Å². The Morgan fingerprint density at radius 1 is 0.925 bits per heavy atom. The van der Waals surface area contributed by atoms with E-state index in [4.69, 9.17) is 9.97 Å². The van der Waals surface area contributed by atoms with Crippen LogP contribution in [0.1, 0.15) is 51.3 Å². The van der Waals surface area contributed by atoms with Crippen LogP contribution in [0, 0.1) is 35.3 Å². The third kappa shape index (κ3) is 5.30. The predicted molar refractivity (Wildman–Crippen MR) is 153 cm³/mol. The summed E-state index contributed by atoms with van der Waals surface area (Å²) < 4.78 is 27.3. The predicted octanol–water partition coefficient (Wildman–Crippen LogP) is 5.69. The minimum atomic E-state index is -0.837. The Hall–Kier alpha value is -3.13. The first-order valence-electron chi connectivity index (χ1n) is 14.8. The number of carbonyl (C=O) groups is 1. The molecule has 2 aliphatic heterocycles. The zero-order valence-corrected chi connectivity index (χ0v) is 23.5. The lowest BCUT2D eigenvalue weighted by Gasteiger charge is -2.50. The molecule has 6 nitrogen and oxygen atoms in total. The second-order valence-electron chi connectivity index (χ2n) is 12.2. The molecule has 2 saturated heterocycles. The smallest absolute Gasteiger partial charge is 0.227 e. The molecule has 6 rings (SSSR count). The van der Waals surface area contributed by atoms with Crippen LogP contribution in [0.15, 0.2) is 48.7 Å². The van der Waals surface area contributed by atoms with Gasteiger partial charge in [0.1, 0.15) is 0 Å². The van der Waals surface area contributed by atoms with Gasteiger partial charge in [-0.15, -0.1) is 0 Å². The molecule has 3 heterocycles. The van der Waals surface area contributed by atoms with E-state index in [1.807, 2.05) is 40.3 Å². The fourth-order valence-corrected chi connectivity index (χ4v) is 7.41. The molecule has 1 aliphatic carbocycles. The summed E-state index contributed by atoms with van der Waals surface area (Å²) >= 11 is 0. The van der Waals surface area contributed by atoms with E-state index in [2.05, 4.69) is 18.7 Å². The van der Waals surface area contributed by atoms with Gasteiger partial charge in [0.2, 0.25) is 5.91 Å². The summed E-state index contributed by atoms with van der Waals surface area (Å²) in [6.45, 7) is 8.62. The molecule has 0 N–H and O–H groups in total. The summed E-state index contributed by atoms with van der Waals surface area (Å²) in [6.07, 6.45) is 6.63. The quantitative estimate of drug-likeness (QED) is 0.411. The number of hydrogen-bond acceptors (Lipinski definition) is 5. The molecule has 1 saturated carbocycles. The largest absolute Gasteiger partial charge is 0.368 e. The number of piperidine rings is 1. The maximum atomic E-state index is 14.1. The van der Waals surface area contributed by atoms with Gasteiger partial charge < -0.3 is 9.80 Å². The number of rotatable bonds is 5. The Bertz CT molecular complexity index is 1360. The van der Waals surface area contributed by atoms with Gasteiger partial charge in [-0.25, -0.2) is 13.8 Å². The Kier molecular flexibility index (Phi) is 7.71. The SMILES string of the molecule is CC(C)C(c1cnc2ccccc2n1)N1C[C@@H]2CCCC[C@@H]2[C@H](C(=O)N2CCN(c3ccc(F)c(F)c3)CC2)C1. The van der Waals surface area contributed by atoms with Crippen molar-refractivity contribution in [3.8, 4) is 0 Å². The molecule has 0 bridgehead atoms. The van der Waals surface area contributed by atoms with E-state index in [0.29, 0.717) is 49.6 Å². The number of amides is 1. The van der Waals surface area contributed by atoms with Gasteiger partial charge in [0.25, 0.3) is 0 Å². The van der Waals surface area contributed by atoms with E-state index >= 15 is 0 Å². The average molecular weight is 548 g/mol. The number of hydrogen-bond donors (Lipinski definition) is 0. The third-order valence-corrected chi connectivity index (χ3v) is 9.36. The number of anilines is 1. The lowest BCUT2D eigenvalue weighted by Crippen LogP contribution is -2.57. The van der Waals surface area contributed by atoms with Crippen molar-refractivity contribution in [3.63, 3.8) is 0 Å². The fraction of sp³-hybridized carbons (Fsp3) is 0.531. The van der Waals surface area contributed by atoms with E-state index in [-0.39, 0.29) is 17.9 Å². The van der Waals surface area contributed by atoms with Crippen LogP contribution in [0.4, 0.5) is 14.5 Å². The first-order valence-corrected chi connectivity index (χ1v) is 14.8. The Morgan fingerprint density at radius 3 is 2.42 bits per heavy atom. The summed E-state index contributed by atoms with van der Waals surface area (Å²) in [5.41, 5.74) is 3.45. The number of likely N-dealkylation sites (tertiary alicyclic amines) is 1. The first-order chi connectivity index (χ1) is 19.4.